The third-order valence-electron chi connectivity index (χ3n) is 3.16. The largest absolute Gasteiger partial charge is 0.492 e. The number of benzene rings is 1. The summed E-state index contributed by atoms with van der Waals surface area (Å²) in [6, 6.07) is 5.78. The van der Waals surface area contributed by atoms with E-state index in [1.54, 1.807) is 6.92 Å². The van der Waals surface area contributed by atoms with Gasteiger partial charge in [0.2, 0.25) is 0 Å². The van der Waals surface area contributed by atoms with E-state index in [1.165, 1.54) is 12.8 Å². The van der Waals surface area contributed by atoms with E-state index in [9.17, 15) is 4.79 Å². The molecule has 0 amide bonds. The van der Waals surface area contributed by atoms with Gasteiger partial charge in [-0.3, -0.25) is 4.79 Å². The summed E-state index contributed by atoms with van der Waals surface area (Å²) in [5, 5.41) is 8.98. The molecule has 1 saturated carbocycles. The lowest BCUT2D eigenvalue weighted by Crippen LogP contribution is -2.13. The molecule has 3 nitrogen and oxygen atoms in total. The molecule has 0 aliphatic heterocycles. The van der Waals surface area contributed by atoms with Crippen LogP contribution in [0.1, 0.15) is 25.3 Å². The number of halogens is 1. The van der Waals surface area contributed by atoms with Crippen molar-refractivity contribution in [2.45, 2.75) is 26.2 Å². The molecule has 1 aliphatic carbocycles. The molecule has 4 heteroatoms. The van der Waals surface area contributed by atoms with Crippen LogP contribution in [0.4, 0.5) is 0 Å². The molecule has 0 saturated heterocycles. The summed E-state index contributed by atoms with van der Waals surface area (Å²) < 4.78 is 6.73. The zero-order valence-corrected chi connectivity index (χ0v) is 11.9. The van der Waals surface area contributed by atoms with E-state index >= 15 is 0 Å². The Morgan fingerprint density at radius 1 is 1.56 bits per heavy atom. The summed E-state index contributed by atoms with van der Waals surface area (Å²) in [5.41, 5.74) is 0.958. The molecule has 0 heterocycles. The van der Waals surface area contributed by atoms with Crippen LogP contribution in [0.15, 0.2) is 22.7 Å². The van der Waals surface area contributed by atoms with Gasteiger partial charge in [0.1, 0.15) is 5.75 Å². The van der Waals surface area contributed by atoms with Crippen molar-refractivity contribution >= 4 is 21.9 Å². The number of hydrogen-bond donors (Lipinski definition) is 1. The smallest absolute Gasteiger partial charge is 0.306 e. The van der Waals surface area contributed by atoms with Gasteiger partial charge >= 0.3 is 5.97 Å². The van der Waals surface area contributed by atoms with Gasteiger partial charge in [0.25, 0.3) is 0 Å². The van der Waals surface area contributed by atoms with Crippen molar-refractivity contribution in [1.29, 1.82) is 0 Å². The highest BCUT2D eigenvalue weighted by Gasteiger charge is 2.23. The Morgan fingerprint density at radius 2 is 2.28 bits per heavy atom. The number of para-hydroxylation sites is 1. The molecule has 18 heavy (non-hydrogen) atoms. The monoisotopic (exact) mass is 312 g/mol. The molecule has 2 rings (SSSR count). The third kappa shape index (κ3) is 3.48. The van der Waals surface area contributed by atoms with E-state index in [2.05, 4.69) is 15.9 Å². The lowest BCUT2D eigenvalue weighted by Gasteiger charge is -2.14. The number of ether oxygens (including phenoxy) is 1. The first-order chi connectivity index (χ1) is 8.58. The predicted octanol–water partition coefficient (Wildman–Crippen LogP) is 3.50. The van der Waals surface area contributed by atoms with Gasteiger partial charge in [-0.15, -0.1) is 0 Å². The van der Waals surface area contributed by atoms with Gasteiger partial charge < -0.3 is 9.84 Å². The minimum absolute atomic E-state index is 0.400. The van der Waals surface area contributed by atoms with Gasteiger partial charge in [-0.25, -0.2) is 0 Å². The highest BCUT2D eigenvalue weighted by molar-refractivity contribution is 9.10. The second-order valence-electron chi connectivity index (χ2n) is 4.93. The predicted molar refractivity (Wildman–Crippen MR) is 72.9 cm³/mol. The zero-order valence-electron chi connectivity index (χ0n) is 10.4. The molecule has 0 spiro atoms. The molecule has 1 aromatic rings. The SMILES string of the molecule is CC(Cc1cccc(Br)c1OCC1CC1)C(=O)O. The Balaban J connectivity index is 2.11. The highest BCUT2D eigenvalue weighted by Crippen LogP contribution is 2.34. The Kier molecular flexibility index (Phi) is 4.27. The topological polar surface area (TPSA) is 46.5 Å². The normalized spacial score (nSPS) is 16.3. The standard InChI is InChI=1S/C14H17BrO3/c1-9(14(16)17)7-11-3-2-4-12(15)13(11)18-8-10-5-6-10/h2-4,9-10H,5-8H2,1H3,(H,16,17). The second-order valence-corrected chi connectivity index (χ2v) is 5.78. The van der Waals surface area contributed by atoms with Crippen LogP contribution in [0.25, 0.3) is 0 Å². The summed E-state index contributed by atoms with van der Waals surface area (Å²) in [7, 11) is 0. The molecule has 1 aliphatic rings. The van der Waals surface area contributed by atoms with Crippen LogP contribution in [-0.2, 0) is 11.2 Å². The zero-order chi connectivity index (χ0) is 13.1. The van der Waals surface area contributed by atoms with Gasteiger partial charge in [0.15, 0.2) is 0 Å². The van der Waals surface area contributed by atoms with E-state index in [1.807, 2.05) is 18.2 Å². The van der Waals surface area contributed by atoms with Gasteiger partial charge in [0, 0.05) is 0 Å². The molecular weight excluding hydrogens is 296 g/mol. The van der Waals surface area contributed by atoms with Crippen LogP contribution in [0, 0.1) is 11.8 Å². The maximum absolute atomic E-state index is 10.9. The first-order valence-corrected chi connectivity index (χ1v) is 7.00. The van der Waals surface area contributed by atoms with Crippen LogP contribution >= 0.6 is 15.9 Å². The molecule has 1 unspecified atom stereocenters. The Hall–Kier alpha value is -1.03. The van der Waals surface area contributed by atoms with Crippen LogP contribution in [-0.4, -0.2) is 17.7 Å². The fourth-order valence-electron chi connectivity index (χ4n) is 1.78. The Labute approximate surface area is 115 Å². The van der Waals surface area contributed by atoms with E-state index in [0.717, 1.165) is 22.4 Å². The Bertz CT molecular complexity index is 441. The van der Waals surface area contributed by atoms with Crippen molar-refractivity contribution in [2.75, 3.05) is 6.61 Å². The summed E-state index contributed by atoms with van der Waals surface area (Å²) >= 11 is 3.47. The van der Waals surface area contributed by atoms with Crippen molar-refractivity contribution in [3.8, 4) is 5.75 Å². The van der Waals surface area contributed by atoms with Gasteiger partial charge in [0.05, 0.1) is 17.0 Å². The summed E-state index contributed by atoms with van der Waals surface area (Å²) in [5.74, 6) is 0.310. The number of carboxylic acids is 1. The lowest BCUT2D eigenvalue weighted by molar-refractivity contribution is -0.141. The van der Waals surface area contributed by atoms with Crippen LogP contribution in [0.3, 0.4) is 0 Å². The quantitative estimate of drug-likeness (QED) is 0.874. The highest BCUT2D eigenvalue weighted by atomic mass is 79.9. The van der Waals surface area contributed by atoms with Gasteiger partial charge in [-0.1, -0.05) is 19.1 Å². The number of rotatable bonds is 6. The van der Waals surface area contributed by atoms with Crippen LogP contribution in [0.5, 0.6) is 5.75 Å². The molecule has 98 valence electrons. The molecule has 1 N–H and O–H groups in total. The van der Waals surface area contributed by atoms with E-state index in [-0.39, 0.29) is 0 Å². The fourth-order valence-corrected chi connectivity index (χ4v) is 2.30. The number of carbonyl (C=O) groups is 1. The maximum atomic E-state index is 10.9. The minimum atomic E-state index is -0.775. The first kappa shape index (κ1) is 13.4. The summed E-state index contributed by atoms with van der Waals surface area (Å²) in [6.45, 7) is 2.45. The van der Waals surface area contributed by atoms with Crippen molar-refractivity contribution in [2.24, 2.45) is 11.8 Å². The molecule has 1 fully saturated rings. The number of aliphatic carboxylic acids is 1. The lowest BCUT2D eigenvalue weighted by atomic mass is 10.0. The minimum Gasteiger partial charge on any atom is -0.492 e. The van der Waals surface area contributed by atoms with E-state index in [4.69, 9.17) is 9.84 Å². The van der Waals surface area contributed by atoms with Crippen molar-refractivity contribution < 1.29 is 14.6 Å². The molecule has 1 atom stereocenters. The van der Waals surface area contributed by atoms with E-state index < -0.39 is 11.9 Å². The van der Waals surface area contributed by atoms with Crippen LogP contribution < -0.4 is 4.74 Å². The molecule has 0 radical (unpaired) electrons. The van der Waals surface area contributed by atoms with Crippen LogP contribution in [0.2, 0.25) is 0 Å². The van der Waals surface area contributed by atoms with Gasteiger partial charge in [-0.2, -0.15) is 0 Å². The van der Waals surface area contributed by atoms with Gasteiger partial charge in [-0.05, 0) is 52.7 Å². The van der Waals surface area contributed by atoms with Crippen molar-refractivity contribution in [3.63, 3.8) is 0 Å². The maximum Gasteiger partial charge on any atom is 0.306 e. The second kappa shape index (κ2) is 5.74. The number of carboxylic acid groups (broad SMARTS) is 1. The molecular formula is C14H17BrO3. The average molecular weight is 313 g/mol. The summed E-state index contributed by atoms with van der Waals surface area (Å²) in [6.07, 6.45) is 2.98. The van der Waals surface area contributed by atoms with Crippen molar-refractivity contribution in [1.82, 2.24) is 0 Å². The van der Waals surface area contributed by atoms with E-state index in [0.29, 0.717) is 12.3 Å². The molecule has 0 aromatic heterocycles. The van der Waals surface area contributed by atoms with Crippen molar-refractivity contribution in [3.05, 3.63) is 28.2 Å². The Morgan fingerprint density at radius 3 is 2.89 bits per heavy atom. The summed E-state index contributed by atoms with van der Waals surface area (Å²) in [4.78, 5) is 10.9. The third-order valence-corrected chi connectivity index (χ3v) is 3.78. The fraction of sp³-hybridized carbons (Fsp3) is 0.500. The number of hydrogen-bond acceptors (Lipinski definition) is 2. The molecule has 1 aromatic carbocycles. The first-order valence-electron chi connectivity index (χ1n) is 6.21. The molecule has 0 bridgehead atoms. The average Bonchev–Trinajstić information content (AvgIpc) is 3.12.